The SMILES string of the molecule is Cc1nc(Nc2ccccc2C)cc(C(=O)Nc2c(C)cccc2C)n1. The van der Waals surface area contributed by atoms with E-state index in [9.17, 15) is 4.79 Å². The molecule has 26 heavy (non-hydrogen) atoms. The molecule has 3 aromatic rings. The second-order valence-corrected chi connectivity index (χ2v) is 6.35. The van der Waals surface area contributed by atoms with Crippen molar-refractivity contribution in [3.05, 3.63) is 76.7 Å². The van der Waals surface area contributed by atoms with Crippen molar-refractivity contribution in [3.63, 3.8) is 0 Å². The third-order valence-corrected chi connectivity index (χ3v) is 4.20. The number of para-hydroxylation sites is 2. The van der Waals surface area contributed by atoms with Crippen molar-refractivity contribution in [1.29, 1.82) is 0 Å². The smallest absolute Gasteiger partial charge is 0.274 e. The van der Waals surface area contributed by atoms with Gasteiger partial charge in [-0.15, -0.1) is 0 Å². The van der Waals surface area contributed by atoms with E-state index < -0.39 is 0 Å². The van der Waals surface area contributed by atoms with Gasteiger partial charge in [0.25, 0.3) is 5.91 Å². The Bertz CT molecular complexity index is 946. The zero-order valence-electron chi connectivity index (χ0n) is 15.4. The average Bonchev–Trinajstić information content (AvgIpc) is 2.59. The number of aromatic nitrogens is 2. The first-order chi connectivity index (χ1) is 12.4. The number of aryl methyl sites for hydroxylation is 4. The third kappa shape index (κ3) is 3.88. The number of hydrogen-bond acceptors (Lipinski definition) is 4. The van der Waals surface area contributed by atoms with Crippen molar-refractivity contribution in [2.24, 2.45) is 0 Å². The van der Waals surface area contributed by atoms with Crippen molar-refractivity contribution in [3.8, 4) is 0 Å². The number of nitrogens with one attached hydrogen (secondary N) is 2. The molecular weight excluding hydrogens is 324 g/mol. The van der Waals surface area contributed by atoms with Crippen LogP contribution in [0.2, 0.25) is 0 Å². The van der Waals surface area contributed by atoms with Crippen LogP contribution >= 0.6 is 0 Å². The van der Waals surface area contributed by atoms with Crippen LogP contribution in [0.3, 0.4) is 0 Å². The van der Waals surface area contributed by atoms with Crippen molar-refractivity contribution < 1.29 is 4.79 Å². The number of carbonyl (C=O) groups is 1. The van der Waals surface area contributed by atoms with Crippen LogP contribution in [0, 0.1) is 27.7 Å². The van der Waals surface area contributed by atoms with Gasteiger partial charge in [-0.2, -0.15) is 0 Å². The second kappa shape index (κ2) is 7.35. The summed E-state index contributed by atoms with van der Waals surface area (Å²) in [6, 6.07) is 15.5. The summed E-state index contributed by atoms with van der Waals surface area (Å²) >= 11 is 0. The van der Waals surface area contributed by atoms with E-state index in [1.807, 2.05) is 63.2 Å². The van der Waals surface area contributed by atoms with Crippen LogP contribution in [-0.2, 0) is 0 Å². The van der Waals surface area contributed by atoms with E-state index in [4.69, 9.17) is 0 Å². The summed E-state index contributed by atoms with van der Waals surface area (Å²) in [7, 11) is 0. The van der Waals surface area contributed by atoms with Crippen LogP contribution in [0.1, 0.15) is 33.0 Å². The van der Waals surface area contributed by atoms with E-state index >= 15 is 0 Å². The minimum atomic E-state index is -0.249. The lowest BCUT2D eigenvalue weighted by atomic mass is 10.1. The van der Waals surface area contributed by atoms with Gasteiger partial charge in [0.15, 0.2) is 0 Å². The number of rotatable bonds is 4. The zero-order chi connectivity index (χ0) is 18.7. The molecule has 0 aliphatic rings. The van der Waals surface area contributed by atoms with Crippen LogP contribution < -0.4 is 10.6 Å². The van der Waals surface area contributed by atoms with E-state index in [1.54, 1.807) is 13.0 Å². The summed E-state index contributed by atoms with van der Waals surface area (Å²) in [6.45, 7) is 7.74. The number of carbonyl (C=O) groups excluding carboxylic acids is 1. The molecule has 5 heteroatoms. The van der Waals surface area contributed by atoms with Gasteiger partial charge in [0, 0.05) is 17.4 Å². The highest BCUT2D eigenvalue weighted by Gasteiger charge is 2.13. The Morgan fingerprint density at radius 3 is 2.19 bits per heavy atom. The molecule has 2 N–H and O–H groups in total. The Balaban J connectivity index is 1.87. The molecule has 0 bridgehead atoms. The Labute approximate surface area is 153 Å². The van der Waals surface area contributed by atoms with Gasteiger partial charge in [-0.1, -0.05) is 36.4 Å². The number of hydrogen-bond donors (Lipinski definition) is 2. The van der Waals surface area contributed by atoms with Crippen molar-refractivity contribution in [2.75, 3.05) is 10.6 Å². The largest absolute Gasteiger partial charge is 0.340 e. The lowest BCUT2D eigenvalue weighted by molar-refractivity contribution is 0.102. The minimum absolute atomic E-state index is 0.249. The molecule has 1 amide bonds. The molecule has 1 heterocycles. The molecule has 2 aromatic carbocycles. The molecular formula is C21H22N4O. The average molecular weight is 346 g/mol. The Hall–Kier alpha value is -3.21. The molecule has 0 saturated heterocycles. The van der Waals surface area contributed by atoms with E-state index in [1.165, 1.54) is 0 Å². The fourth-order valence-electron chi connectivity index (χ4n) is 2.79. The van der Waals surface area contributed by atoms with Crippen LogP contribution in [0.15, 0.2) is 48.5 Å². The molecule has 1 aromatic heterocycles. The molecule has 0 spiro atoms. The van der Waals surface area contributed by atoms with E-state index in [0.717, 1.165) is 28.1 Å². The van der Waals surface area contributed by atoms with Gasteiger partial charge in [0.05, 0.1) is 0 Å². The van der Waals surface area contributed by atoms with Crippen LogP contribution in [0.5, 0.6) is 0 Å². The molecule has 0 aliphatic heterocycles. The van der Waals surface area contributed by atoms with Gasteiger partial charge >= 0.3 is 0 Å². The molecule has 5 nitrogen and oxygen atoms in total. The first-order valence-corrected chi connectivity index (χ1v) is 8.50. The van der Waals surface area contributed by atoms with E-state index in [-0.39, 0.29) is 5.91 Å². The standard InChI is InChI=1S/C21H22N4O/c1-13-8-5-6-11-17(13)24-19-12-18(22-16(4)23-19)21(26)25-20-14(2)9-7-10-15(20)3/h5-12H,1-4H3,(H,25,26)(H,22,23,24). The number of benzene rings is 2. The highest BCUT2D eigenvalue weighted by atomic mass is 16.1. The minimum Gasteiger partial charge on any atom is -0.340 e. The van der Waals surface area contributed by atoms with Crippen LogP contribution in [0.25, 0.3) is 0 Å². The van der Waals surface area contributed by atoms with Crippen molar-refractivity contribution in [1.82, 2.24) is 9.97 Å². The van der Waals surface area contributed by atoms with Crippen LogP contribution in [0.4, 0.5) is 17.2 Å². The van der Waals surface area contributed by atoms with Gasteiger partial charge in [0.1, 0.15) is 17.3 Å². The maximum Gasteiger partial charge on any atom is 0.274 e. The predicted molar refractivity (Wildman–Crippen MR) is 105 cm³/mol. The van der Waals surface area contributed by atoms with Crippen molar-refractivity contribution >= 4 is 23.1 Å². The first-order valence-electron chi connectivity index (χ1n) is 8.50. The number of anilines is 3. The predicted octanol–water partition coefficient (Wildman–Crippen LogP) is 4.71. The summed E-state index contributed by atoms with van der Waals surface area (Å²) in [5.41, 5.74) is 5.24. The molecule has 0 saturated carbocycles. The monoisotopic (exact) mass is 346 g/mol. The fraction of sp³-hybridized carbons (Fsp3) is 0.190. The lowest BCUT2D eigenvalue weighted by Gasteiger charge is -2.13. The lowest BCUT2D eigenvalue weighted by Crippen LogP contribution is -2.16. The van der Waals surface area contributed by atoms with E-state index in [2.05, 4.69) is 20.6 Å². The van der Waals surface area contributed by atoms with Gasteiger partial charge < -0.3 is 10.6 Å². The molecule has 0 aliphatic carbocycles. The fourth-order valence-corrected chi connectivity index (χ4v) is 2.79. The highest BCUT2D eigenvalue weighted by molar-refractivity contribution is 6.04. The molecule has 132 valence electrons. The summed E-state index contributed by atoms with van der Waals surface area (Å²) in [6.07, 6.45) is 0. The Kier molecular flexibility index (Phi) is 4.98. The van der Waals surface area contributed by atoms with Crippen LogP contribution in [-0.4, -0.2) is 15.9 Å². The molecule has 3 rings (SSSR count). The zero-order valence-corrected chi connectivity index (χ0v) is 15.4. The normalized spacial score (nSPS) is 10.5. The summed E-state index contributed by atoms with van der Waals surface area (Å²) in [5, 5.41) is 6.23. The van der Waals surface area contributed by atoms with Crippen molar-refractivity contribution in [2.45, 2.75) is 27.7 Å². The number of amides is 1. The molecule has 0 radical (unpaired) electrons. The summed E-state index contributed by atoms with van der Waals surface area (Å²) < 4.78 is 0. The highest BCUT2D eigenvalue weighted by Crippen LogP contribution is 2.22. The van der Waals surface area contributed by atoms with Gasteiger partial charge in [0.2, 0.25) is 0 Å². The maximum atomic E-state index is 12.7. The first kappa shape index (κ1) is 17.6. The Morgan fingerprint density at radius 1 is 0.846 bits per heavy atom. The topological polar surface area (TPSA) is 66.9 Å². The quantitative estimate of drug-likeness (QED) is 0.718. The van der Waals surface area contributed by atoms with E-state index in [0.29, 0.717) is 17.3 Å². The molecule has 0 atom stereocenters. The third-order valence-electron chi connectivity index (χ3n) is 4.20. The summed E-state index contributed by atoms with van der Waals surface area (Å²) in [5.74, 6) is 0.884. The van der Waals surface area contributed by atoms with Gasteiger partial charge in [-0.3, -0.25) is 4.79 Å². The summed E-state index contributed by atoms with van der Waals surface area (Å²) in [4.78, 5) is 21.4. The Morgan fingerprint density at radius 2 is 1.50 bits per heavy atom. The molecule has 0 unspecified atom stereocenters. The maximum absolute atomic E-state index is 12.7. The number of nitrogens with zero attached hydrogens (tertiary/aromatic N) is 2. The van der Waals surface area contributed by atoms with Gasteiger partial charge in [-0.05, 0) is 50.5 Å². The van der Waals surface area contributed by atoms with Gasteiger partial charge in [-0.25, -0.2) is 9.97 Å². The molecule has 0 fully saturated rings. The second-order valence-electron chi connectivity index (χ2n) is 6.35.